The standard InChI is InChI=1S/C7H20N2O14P4/c10-7(11)6(9(4-26(18,19)20)5-27(21,22)23)1-8(2-24(12,13)14)3-25(15,16)17/h6H,1-5H2,(H,10,11)(H2,12,13,14)(H2,15,16,17)(H2,18,19,20)(H2,21,22,23)/t6-/m0/s1. The lowest BCUT2D eigenvalue weighted by Crippen LogP contribution is -2.49. The Morgan fingerprint density at radius 2 is 0.963 bits per heavy atom. The van der Waals surface area contributed by atoms with Crippen molar-refractivity contribution in [1.82, 2.24) is 9.80 Å². The molecule has 0 saturated heterocycles. The van der Waals surface area contributed by atoms with Crippen LogP contribution < -0.4 is 0 Å². The quantitative estimate of drug-likeness (QED) is 0.131. The van der Waals surface area contributed by atoms with Crippen molar-refractivity contribution < 1.29 is 67.3 Å². The lowest BCUT2D eigenvalue weighted by Gasteiger charge is -2.33. The largest absolute Gasteiger partial charge is 0.480 e. The molecule has 0 radical (unpaired) electrons. The monoisotopic (exact) mass is 480 g/mol. The molecule has 0 aromatic rings. The summed E-state index contributed by atoms with van der Waals surface area (Å²) >= 11 is 0. The van der Waals surface area contributed by atoms with E-state index in [1.165, 1.54) is 0 Å². The molecule has 0 unspecified atom stereocenters. The van der Waals surface area contributed by atoms with Gasteiger partial charge in [-0.3, -0.25) is 32.9 Å². The Labute approximate surface area is 152 Å². The van der Waals surface area contributed by atoms with Gasteiger partial charge in [-0.25, -0.2) is 0 Å². The Kier molecular flexibility index (Phi) is 9.66. The molecule has 1 atom stereocenters. The Balaban J connectivity index is 5.84. The first-order chi connectivity index (χ1) is 11.7. The number of hydrogen-bond acceptors (Lipinski definition) is 7. The summed E-state index contributed by atoms with van der Waals surface area (Å²) in [6, 6.07) is -2.16. The first-order valence-corrected chi connectivity index (χ1v) is 13.7. The van der Waals surface area contributed by atoms with E-state index in [1.807, 2.05) is 0 Å². The number of aliphatic carboxylic acids is 1. The molecule has 20 heteroatoms. The molecular formula is C7H20N2O14P4. The molecule has 0 rings (SSSR count). The molecule has 0 aliphatic carbocycles. The SMILES string of the molecule is O=C(O)[C@H](CN(CP(=O)(O)O)CP(=O)(O)O)N(CP(=O)(O)O)CP(=O)(O)O. The molecular weight excluding hydrogens is 460 g/mol. The Hall–Kier alpha value is -0.0100. The van der Waals surface area contributed by atoms with Gasteiger partial charge in [0.25, 0.3) is 0 Å². The third-order valence-corrected chi connectivity index (χ3v) is 5.66. The molecule has 0 heterocycles. The minimum absolute atomic E-state index is 0.163. The summed E-state index contributed by atoms with van der Waals surface area (Å²) in [5.41, 5.74) is 0. The van der Waals surface area contributed by atoms with E-state index in [4.69, 9.17) is 39.1 Å². The van der Waals surface area contributed by atoms with Crippen molar-refractivity contribution in [3.63, 3.8) is 0 Å². The molecule has 9 N–H and O–H groups in total. The predicted molar refractivity (Wildman–Crippen MR) is 87.6 cm³/mol. The summed E-state index contributed by atoms with van der Waals surface area (Å²) < 4.78 is 44.5. The smallest absolute Gasteiger partial charge is 0.339 e. The van der Waals surface area contributed by atoms with Crippen molar-refractivity contribution in [2.24, 2.45) is 0 Å². The molecule has 0 aromatic carbocycles. The van der Waals surface area contributed by atoms with E-state index in [2.05, 4.69) is 0 Å². The second kappa shape index (κ2) is 9.66. The summed E-state index contributed by atoms with van der Waals surface area (Å²) in [7, 11) is -20.0. The average molecular weight is 480 g/mol. The number of carbonyl (C=O) groups is 1. The predicted octanol–water partition coefficient (Wildman–Crippen LogP) is -2.42. The molecule has 0 aromatic heterocycles. The number of carboxylic acids is 1. The molecule has 0 amide bonds. The van der Waals surface area contributed by atoms with Crippen LogP contribution in [0.3, 0.4) is 0 Å². The fraction of sp³-hybridized carbons (Fsp3) is 0.857. The van der Waals surface area contributed by atoms with Gasteiger partial charge < -0.3 is 44.3 Å². The van der Waals surface area contributed by atoms with E-state index < -0.39 is 74.1 Å². The van der Waals surface area contributed by atoms with Crippen LogP contribution in [0.2, 0.25) is 0 Å². The number of hydrogen-bond donors (Lipinski definition) is 9. The molecule has 0 saturated carbocycles. The van der Waals surface area contributed by atoms with Gasteiger partial charge >= 0.3 is 36.4 Å². The summed E-state index contributed by atoms with van der Waals surface area (Å²) in [5, 5.41) is 9.22. The van der Waals surface area contributed by atoms with Crippen molar-refractivity contribution in [2.45, 2.75) is 6.04 Å². The topological polar surface area (TPSA) is 274 Å². The van der Waals surface area contributed by atoms with E-state index >= 15 is 0 Å². The zero-order valence-electron chi connectivity index (χ0n) is 13.4. The highest BCUT2D eigenvalue weighted by atomic mass is 31.2. The van der Waals surface area contributed by atoms with Crippen molar-refractivity contribution in [2.75, 3.05) is 31.7 Å². The van der Waals surface area contributed by atoms with E-state index in [-0.39, 0.29) is 4.90 Å². The molecule has 0 fully saturated rings. The fourth-order valence-corrected chi connectivity index (χ4v) is 5.32. The van der Waals surface area contributed by atoms with Gasteiger partial charge in [0.2, 0.25) is 0 Å². The van der Waals surface area contributed by atoms with Crippen LogP contribution in [0.5, 0.6) is 0 Å². The summed E-state index contributed by atoms with van der Waals surface area (Å²) in [6.07, 6.45) is -5.51. The number of nitrogens with zero attached hydrogens (tertiary/aromatic N) is 2. The normalized spacial score (nSPS) is 15.3. The van der Waals surface area contributed by atoms with Crippen LogP contribution in [0.4, 0.5) is 0 Å². The molecule has 0 aliphatic rings. The van der Waals surface area contributed by atoms with Gasteiger partial charge in [-0.2, -0.15) is 0 Å². The molecule has 0 bridgehead atoms. The zero-order valence-corrected chi connectivity index (χ0v) is 16.9. The van der Waals surface area contributed by atoms with Crippen LogP contribution in [0, 0.1) is 0 Å². The Morgan fingerprint density at radius 1 is 0.667 bits per heavy atom. The van der Waals surface area contributed by atoms with E-state index in [1.54, 1.807) is 0 Å². The van der Waals surface area contributed by atoms with Gasteiger partial charge in [0.1, 0.15) is 31.2 Å². The minimum Gasteiger partial charge on any atom is -0.480 e. The summed E-state index contributed by atoms with van der Waals surface area (Å²) in [4.78, 5) is 83.7. The molecule has 0 spiro atoms. The molecule has 162 valence electrons. The first kappa shape index (κ1) is 27.0. The lowest BCUT2D eigenvalue weighted by molar-refractivity contribution is -0.143. The highest BCUT2D eigenvalue weighted by Crippen LogP contribution is 2.43. The fourth-order valence-electron chi connectivity index (χ4n) is 1.99. The average Bonchev–Trinajstić information content (AvgIpc) is 2.26. The highest BCUT2D eigenvalue weighted by molar-refractivity contribution is 7.53. The molecule has 27 heavy (non-hydrogen) atoms. The van der Waals surface area contributed by atoms with Crippen LogP contribution in [0.25, 0.3) is 0 Å². The maximum absolute atomic E-state index is 11.4. The van der Waals surface area contributed by atoms with Crippen LogP contribution >= 0.6 is 30.4 Å². The van der Waals surface area contributed by atoms with Gasteiger partial charge in [0.05, 0.1) is 0 Å². The van der Waals surface area contributed by atoms with Crippen LogP contribution in [-0.4, -0.2) is 97.8 Å². The third-order valence-electron chi connectivity index (χ3n) is 2.66. The first-order valence-electron chi connectivity index (χ1n) is 6.56. The van der Waals surface area contributed by atoms with Crippen LogP contribution in [0.15, 0.2) is 0 Å². The lowest BCUT2D eigenvalue weighted by atomic mass is 10.2. The van der Waals surface area contributed by atoms with Crippen LogP contribution in [-0.2, 0) is 23.1 Å². The van der Waals surface area contributed by atoms with Gasteiger partial charge in [-0.1, -0.05) is 0 Å². The number of carboxylic acid groups (broad SMARTS) is 1. The Bertz CT molecular complexity index is 654. The number of rotatable bonds is 12. The maximum Gasteiger partial charge on any atom is 0.339 e. The summed E-state index contributed by atoms with van der Waals surface area (Å²) in [5.74, 6) is -1.90. The second-order valence-electron chi connectivity index (χ2n) is 5.52. The van der Waals surface area contributed by atoms with Crippen LogP contribution in [0.1, 0.15) is 0 Å². The van der Waals surface area contributed by atoms with Gasteiger partial charge in [-0.05, 0) is 0 Å². The van der Waals surface area contributed by atoms with Gasteiger partial charge in [0.15, 0.2) is 0 Å². The van der Waals surface area contributed by atoms with Crippen molar-refractivity contribution in [3.8, 4) is 0 Å². The maximum atomic E-state index is 11.4. The van der Waals surface area contributed by atoms with E-state index in [0.29, 0.717) is 4.90 Å². The zero-order chi connectivity index (χ0) is 21.8. The van der Waals surface area contributed by atoms with Gasteiger partial charge in [0, 0.05) is 6.54 Å². The minimum atomic E-state index is -5.03. The second-order valence-corrected chi connectivity index (χ2v) is 12.0. The van der Waals surface area contributed by atoms with Gasteiger partial charge in [-0.15, -0.1) is 0 Å². The van der Waals surface area contributed by atoms with Crippen molar-refractivity contribution in [1.29, 1.82) is 0 Å². The third kappa shape index (κ3) is 14.6. The van der Waals surface area contributed by atoms with Crippen molar-refractivity contribution >= 4 is 36.4 Å². The molecule has 16 nitrogen and oxygen atoms in total. The Morgan fingerprint density at radius 3 is 1.19 bits per heavy atom. The van der Waals surface area contributed by atoms with E-state index in [0.717, 1.165) is 0 Å². The molecule has 0 aliphatic heterocycles. The summed E-state index contributed by atoms with van der Waals surface area (Å²) in [6.45, 7) is -1.11. The van der Waals surface area contributed by atoms with Crippen molar-refractivity contribution in [3.05, 3.63) is 0 Å². The highest BCUT2D eigenvalue weighted by Gasteiger charge is 2.38. The van der Waals surface area contributed by atoms with E-state index in [9.17, 15) is 28.2 Å².